The van der Waals surface area contributed by atoms with Gasteiger partial charge in [0.25, 0.3) is 0 Å². The lowest BCUT2D eigenvalue weighted by molar-refractivity contribution is 0.339. The summed E-state index contributed by atoms with van der Waals surface area (Å²) in [6.07, 6.45) is 1.62. The summed E-state index contributed by atoms with van der Waals surface area (Å²) in [4.78, 5) is 2.02. The molecule has 1 aromatic rings. The van der Waals surface area contributed by atoms with Gasteiger partial charge < -0.3 is 19.5 Å². The minimum absolute atomic E-state index is 0.267. The highest BCUT2D eigenvalue weighted by Crippen LogP contribution is 2.24. The fourth-order valence-corrected chi connectivity index (χ4v) is 2.33. The van der Waals surface area contributed by atoms with Gasteiger partial charge in [-0.15, -0.1) is 0 Å². The summed E-state index contributed by atoms with van der Waals surface area (Å²) in [6, 6.07) is 4.91. The third kappa shape index (κ3) is 4.26. The summed E-state index contributed by atoms with van der Waals surface area (Å²) in [6.45, 7) is 3.72. The molecule has 0 bridgehead atoms. The lowest BCUT2D eigenvalue weighted by Gasteiger charge is -2.29. The standard InChI is InChI=1S/C13H19FN2O2S/c1-19(17)9-8-18-11-2-3-13(12(14)10-11)16-6-4-15-5-7-16/h2-3,10,15H,4-9H2,1H3/t19-/m1/s1. The van der Waals surface area contributed by atoms with Crippen molar-refractivity contribution in [2.75, 3.05) is 49.7 Å². The Morgan fingerprint density at radius 3 is 2.79 bits per heavy atom. The van der Waals surface area contributed by atoms with Crippen molar-refractivity contribution in [1.29, 1.82) is 0 Å². The lowest BCUT2D eigenvalue weighted by Crippen LogP contribution is -2.43. The molecule has 1 atom stereocenters. The Hall–Kier alpha value is -0.980. The van der Waals surface area contributed by atoms with Crippen LogP contribution in [0.1, 0.15) is 0 Å². The van der Waals surface area contributed by atoms with Crippen molar-refractivity contribution < 1.29 is 13.7 Å². The van der Waals surface area contributed by atoms with Gasteiger partial charge >= 0.3 is 0 Å². The molecular weight excluding hydrogens is 267 g/mol. The van der Waals surface area contributed by atoms with Gasteiger partial charge in [0.1, 0.15) is 23.9 Å². The van der Waals surface area contributed by atoms with Crippen LogP contribution in [0, 0.1) is 5.82 Å². The number of benzene rings is 1. The Balaban J connectivity index is 1.96. The third-order valence-electron chi connectivity index (χ3n) is 3.02. The summed E-state index contributed by atoms with van der Waals surface area (Å²) in [5.41, 5.74) is 0.618. The first-order valence-corrected chi connectivity index (χ1v) is 8.07. The van der Waals surface area contributed by atoms with Gasteiger partial charge in [-0.25, -0.2) is 4.39 Å². The average Bonchev–Trinajstić information content (AvgIpc) is 2.39. The highest BCUT2D eigenvalue weighted by molar-refractivity contribution is 7.90. The fourth-order valence-electron chi connectivity index (χ4n) is 2.02. The molecule has 0 aliphatic carbocycles. The molecule has 4 nitrogen and oxygen atoms in total. The van der Waals surface area contributed by atoms with E-state index in [1.54, 1.807) is 18.4 Å². The quantitative estimate of drug-likeness (QED) is 0.820. The van der Waals surface area contributed by atoms with Crippen LogP contribution in [0.4, 0.5) is 10.1 Å². The number of hydrogen-bond acceptors (Lipinski definition) is 4. The number of hydrogen-bond donors (Lipinski definition) is 1. The highest BCUT2D eigenvalue weighted by Gasteiger charge is 2.15. The average molecular weight is 286 g/mol. The van der Waals surface area contributed by atoms with Crippen LogP contribution in [-0.4, -0.2) is 49.3 Å². The zero-order valence-corrected chi connectivity index (χ0v) is 11.8. The Labute approximate surface area is 116 Å². The van der Waals surface area contributed by atoms with E-state index >= 15 is 0 Å². The van der Waals surface area contributed by atoms with Gasteiger partial charge in [-0.3, -0.25) is 0 Å². The number of nitrogens with zero attached hydrogens (tertiary/aromatic N) is 1. The molecular formula is C13H19FN2O2S. The van der Waals surface area contributed by atoms with Crippen LogP contribution in [0.2, 0.25) is 0 Å². The van der Waals surface area contributed by atoms with Crippen LogP contribution in [0.5, 0.6) is 5.75 Å². The Bertz CT molecular complexity index is 412. The summed E-state index contributed by atoms with van der Waals surface area (Å²) in [5.74, 6) is 0.681. The number of rotatable bonds is 5. The van der Waals surface area contributed by atoms with Crippen molar-refractivity contribution >= 4 is 16.9 Å². The second kappa shape index (κ2) is 6.98. The van der Waals surface area contributed by atoms with E-state index in [9.17, 15) is 8.94 Å². The van der Waals surface area contributed by atoms with E-state index in [0.29, 0.717) is 23.8 Å². The van der Waals surface area contributed by atoms with E-state index in [-0.39, 0.29) is 5.82 Å². The SMILES string of the molecule is C[S@@+]([O-])CCOc1ccc(N2CCNCC2)c(F)c1. The van der Waals surface area contributed by atoms with Crippen molar-refractivity contribution in [2.24, 2.45) is 0 Å². The highest BCUT2D eigenvalue weighted by atomic mass is 32.2. The number of halogens is 1. The molecule has 0 amide bonds. The van der Waals surface area contributed by atoms with Crippen LogP contribution in [0.15, 0.2) is 18.2 Å². The van der Waals surface area contributed by atoms with E-state index in [1.807, 2.05) is 4.90 Å². The van der Waals surface area contributed by atoms with E-state index in [0.717, 1.165) is 26.2 Å². The smallest absolute Gasteiger partial charge is 0.150 e. The molecule has 1 aromatic carbocycles. The Kier molecular flexibility index (Phi) is 5.30. The predicted molar refractivity (Wildman–Crippen MR) is 75.9 cm³/mol. The molecule has 19 heavy (non-hydrogen) atoms. The minimum atomic E-state index is -0.887. The number of piperazine rings is 1. The second-order valence-corrected chi connectivity index (χ2v) is 6.03. The monoisotopic (exact) mass is 286 g/mol. The first kappa shape index (κ1) is 14.4. The van der Waals surface area contributed by atoms with Crippen LogP contribution in [0.3, 0.4) is 0 Å². The molecule has 1 aliphatic rings. The lowest BCUT2D eigenvalue weighted by atomic mass is 10.2. The fraction of sp³-hybridized carbons (Fsp3) is 0.538. The molecule has 0 unspecified atom stereocenters. The van der Waals surface area contributed by atoms with Gasteiger partial charge in [-0.05, 0) is 12.1 Å². The van der Waals surface area contributed by atoms with Gasteiger partial charge in [0.15, 0.2) is 0 Å². The first-order valence-electron chi connectivity index (χ1n) is 6.35. The number of anilines is 1. The normalized spacial score (nSPS) is 17.3. The largest absolute Gasteiger partial charge is 0.616 e. The van der Waals surface area contributed by atoms with Crippen molar-refractivity contribution in [3.05, 3.63) is 24.0 Å². The molecule has 0 saturated carbocycles. The molecule has 1 aliphatic heterocycles. The summed E-state index contributed by atoms with van der Waals surface area (Å²) >= 11 is -0.887. The van der Waals surface area contributed by atoms with Crippen LogP contribution >= 0.6 is 0 Å². The molecule has 0 aromatic heterocycles. The maximum Gasteiger partial charge on any atom is 0.150 e. The van der Waals surface area contributed by atoms with Crippen LogP contribution < -0.4 is 15.0 Å². The molecule has 0 spiro atoms. The summed E-state index contributed by atoms with van der Waals surface area (Å²) < 4.78 is 30.3. The molecule has 6 heteroatoms. The molecule has 1 saturated heterocycles. The zero-order chi connectivity index (χ0) is 13.7. The minimum Gasteiger partial charge on any atom is -0.616 e. The van der Waals surface area contributed by atoms with Crippen molar-refractivity contribution in [1.82, 2.24) is 5.32 Å². The van der Waals surface area contributed by atoms with Gasteiger partial charge in [0, 0.05) is 32.2 Å². The topological polar surface area (TPSA) is 47.6 Å². The van der Waals surface area contributed by atoms with Gasteiger partial charge in [0.2, 0.25) is 0 Å². The molecule has 2 rings (SSSR count). The van der Waals surface area contributed by atoms with Gasteiger partial charge in [-0.2, -0.15) is 0 Å². The maximum atomic E-state index is 14.0. The van der Waals surface area contributed by atoms with Crippen LogP contribution in [0.25, 0.3) is 0 Å². The van der Waals surface area contributed by atoms with Gasteiger partial charge in [-0.1, -0.05) is 11.2 Å². The third-order valence-corrected chi connectivity index (χ3v) is 3.76. The summed E-state index contributed by atoms with van der Waals surface area (Å²) in [5, 5.41) is 3.24. The van der Waals surface area contributed by atoms with E-state index in [2.05, 4.69) is 5.32 Å². The molecule has 1 heterocycles. The summed E-state index contributed by atoms with van der Waals surface area (Å²) in [7, 11) is 0. The predicted octanol–water partition coefficient (Wildman–Crippen LogP) is 0.993. The van der Waals surface area contributed by atoms with Gasteiger partial charge in [0.05, 0.1) is 11.9 Å². The molecule has 1 fully saturated rings. The Morgan fingerprint density at radius 2 is 2.16 bits per heavy atom. The van der Waals surface area contributed by atoms with E-state index < -0.39 is 11.2 Å². The van der Waals surface area contributed by atoms with Crippen LogP contribution in [-0.2, 0) is 11.2 Å². The maximum absolute atomic E-state index is 14.0. The van der Waals surface area contributed by atoms with Crippen molar-refractivity contribution in [3.8, 4) is 5.75 Å². The van der Waals surface area contributed by atoms with Crippen molar-refractivity contribution in [3.63, 3.8) is 0 Å². The molecule has 106 valence electrons. The number of nitrogens with one attached hydrogen (secondary N) is 1. The number of ether oxygens (including phenoxy) is 1. The Morgan fingerprint density at radius 1 is 1.42 bits per heavy atom. The molecule has 1 N–H and O–H groups in total. The zero-order valence-electron chi connectivity index (χ0n) is 11.0. The van der Waals surface area contributed by atoms with E-state index in [4.69, 9.17) is 4.74 Å². The first-order chi connectivity index (χ1) is 9.16. The van der Waals surface area contributed by atoms with E-state index in [1.165, 1.54) is 6.07 Å². The molecule has 0 radical (unpaired) electrons. The van der Waals surface area contributed by atoms with Crippen molar-refractivity contribution in [2.45, 2.75) is 0 Å². The second-order valence-electron chi connectivity index (χ2n) is 4.48.